The fourth-order valence-electron chi connectivity index (χ4n) is 1.50. The number of hydrogen-bond donors (Lipinski definition) is 1. The first-order chi connectivity index (χ1) is 5.60. The minimum atomic E-state index is 0.249. The molecule has 13 heavy (non-hydrogen) atoms. The Morgan fingerprint density at radius 3 is 1.38 bits per heavy atom. The Bertz CT molecular complexity index is 203. The summed E-state index contributed by atoms with van der Waals surface area (Å²) in [6.45, 7) is 13.7. The van der Waals surface area contributed by atoms with Crippen LogP contribution in [0, 0.1) is 10.8 Å². The van der Waals surface area contributed by atoms with Gasteiger partial charge in [0, 0.05) is 28.4 Å². The molecule has 1 N–H and O–H groups in total. The van der Waals surface area contributed by atoms with Crippen molar-refractivity contribution in [2.24, 2.45) is 10.8 Å². The SMILES string of the molecule is CNC(=C([SiH3])C(C)(C)C)C(C)(C)C. The van der Waals surface area contributed by atoms with Crippen LogP contribution in [0.4, 0.5) is 0 Å². The van der Waals surface area contributed by atoms with Crippen molar-refractivity contribution >= 4 is 10.2 Å². The molecule has 78 valence electrons. The molecule has 0 saturated heterocycles. The summed E-state index contributed by atoms with van der Waals surface area (Å²) >= 11 is 0. The summed E-state index contributed by atoms with van der Waals surface area (Å²) in [7, 11) is 3.17. The largest absolute Gasteiger partial charge is 0.391 e. The summed E-state index contributed by atoms with van der Waals surface area (Å²) in [5.74, 6) is 0. The number of nitrogens with one attached hydrogen (secondary N) is 1. The van der Waals surface area contributed by atoms with Gasteiger partial charge in [0.15, 0.2) is 0 Å². The fourth-order valence-corrected chi connectivity index (χ4v) is 2.50. The van der Waals surface area contributed by atoms with Crippen molar-refractivity contribution in [3.8, 4) is 0 Å². The van der Waals surface area contributed by atoms with Gasteiger partial charge in [0.2, 0.25) is 0 Å². The van der Waals surface area contributed by atoms with E-state index in [0.29, 0.717) is 5.41 Å². The van der Waals surface area contributed by atoms with Crippen molar-refractivity contribution in [3.63, 3.8) is 0 Å². The van der Waals surface area contributed by atoms with E-state index in [1.54, 1.807) is 5.20 Å². The molecule has 0 unspecified atom stereocenters. The molecule has 0 heterocycles. The van der Waals surface area contributed by atoms with Gasteiger partial charge in [-0.1, -0.05) is 46.7 Å². The molecule has 0 atom stereocenters. The molecule has 0 rings (SSSR count). The lowest BCUT2D eigenvalue weighted by Gasteiger charge is -2.31. The minimum Gasteiger partial charge on any atom is -0.391 e. The second kappa shape index (κ2) is 3.87. The highest BCUT2D eigenvalue weighted by atomic mass is 28.1. The second-order valence-corrected chi connectivity index (χ2v) is 6.75. The Morgan fingerprint density at radius 1 is 0.923 bits per heavy atom. The molecule has 0 aliphatic heterocycles. The molecule has 0 aliphatic rings. The highest BCUT2D eigenvalue weighted by molar-refractivity contribution is 6.22. The molecule has 0 saturated carbocycles. The maximum absolute atomic E-state index is 3.36. The van der Waals surface area contributed by atoms with Crippen LogP contribution in [0.25, 0.3) is 0 Å². The van der Waals surface area contributed by atoms with Crippen LogP contribution in [-0.2, 0) is 0 Å². The average Bonchev–Trinajstić information content (AvgIpc) is 1.83. The third kappa shape index (κ3) is 3.55. The lowest BCUT2D eigenvalue weighted by atomic mass is 9.85. The van der Waals surface area contributed by atoms with E-state index < -0.39 is 0 Å². The van der Waals surface area contributed by atoms with E-state index in [1.807, 2.05) is 7.05 Å². The van der Waals surface area contributed by atoms with Crippen LogP contribution in [0.2, 0.25) is 0 Å². The van der Waals surface area contributed by atoms with Crippen LogP contribution in [0.1, 0.15) is 41.5 Å². The van der Waals surface area contributed by atoms with Crippen LogP contribution in [0.5, 0.6) is 0 Å². The van der Waals surface area contributed by atoms with Crippen molar-refractivity contribution in [2.75, 3.05) is 7.05 Å². The molecule has 0 aromatic heterocycles. The zero-order valence-corrected chi connectivity index (χ0v) is 12.5. The number of hydrogen-bond acceptors (Lipinski definition) is 1. The smallest absolute Gasteiger partial charge is 0.0362 e. The van der Waals surface area contributed by atoms with Gasteiger partial charge >= 0.3 is 0 Å². The maximum atomic E-state index is 3.36. The third-order valence-electron chi connectivity index (χ3n) is 2.50. The lowest BCUT2D eigenvalue weighted by Crippen LogP contribution is -2.27. The molecule has 0 amide bonds. The summed E-state index contributed by atoms with van der Waals surface area (Å²) in [5, 5.41) is 4.95. The van der Waals surface area contributed by atoms with Gasteiger partial charge in [-0.05, 0) is 5.41 Å². The van der Waals surface area contributed by atoms with Gasteiger partial charge in [0.1, 0.15) is 0 Å². The highest BCUT2D eigenvalue weighted by Crippen LogP contribution is 2.32. The Morgan fingerprint density at radius 2 is 1.31 bits per heavy atom. The first-order valence-corrected chi connectivity index (χ1v) is 6.00. The van der Waals surface area contributed by atoms with Crippen LogP contribution in [0.3, 0.4) is 0 Å². The van der Waals surface area contributed by atoms with Crippen molar-refractivity contribution in [3.05, 3.63) is 10.9 Å². The molecule has 0 radical (unpaired) electrons. The van der Waals surface area contributed by atoms with Gasteiger partial charge in [0.05, 0.1) is 0 Å². The second-order valence-electron chi connectivity index (χ2n) is 5.75. The van der Waals surface area contributed by atoms with Crippen LogP contribution in [-0.4, -0.2) is 17.3 Å². The van der Waals surface area contributed by atoms with Crippen molar-refractivity contribution in [2.45, 2.75) is 41.5 Å². The average molecular weight is 199 g/mol. The lowest BCUT2D eigenvalue weighted by molar-refractivity contribution is 0.438. The quantitative estimate of drug-likeness (QED) is 0.636. The van der Waals surface area contributed by atoms with Gasteiger partial charge in [-0.3, -0.25) is 0 Å². The van der Waals surface area contributed by atoms with E-state index >= 15 is 0 Å². The Balaban J connectivity index is 5.16. The Labute approximate surface area is 86.4 Å². The van der Waals surface area contributed by atoms with E-state index in [9.17, 15) is 0 Å². The predicted octanol–water partition coefficient (Wildman–Crippen LogP) is 1.88. The molecule has 2 heteroatoms. The normalized spacial score (nSPS) is 15.6. The third-order valence-corrected chi connectivity index (χ3v) is 4.50. The minimum absolute atomic E-state index is 0.249. The summed E-state index contributed by atoms with van der Waals surface area (Å²) in [5.41, 5.74) is 1.99. The van der Waals surface area contributed by atoms with E-state index in [0.717, 1.165) is 10.2 Å². The molecule has 1 nitrogen and oxygen atoms in total. The van der Waals surface area contributed by atoms with Crippen molar-refractivity contribution in [1.82, 2.24) is 5.32 Å². The first-order valence-electron chi connectivity index (χ1n) is 5.00. The van der Waals surface area contributed by atoms with Crippen molar-refractivity contribution in [1.29, 1.82) is 0 Å². The van der Waals surface area contributed by atoms with Gasteiger partial charge in [-0.2, -0.15) is 0 Å². The summed E-state index contributed by atoms with van der Waals surface area (Å²) in [6.07, 6.45) is 0. The molecular formula is C11H25NSi. The van der Waals surface area contributed by atoms with Gasteiger partial charge in [-0.25, -0.2) is 0 Å². The standard InChI is InChI=1S/C11H25NSi/c1-10(2,3)8(12-7)9(13)11(4,5)6/h12H,1-7,13H3. The number of allylic oxidation sites excluding steroid dienone is 2. The molecule has 0 aromatic carbocycles. The Hall–Kier alpha value is -0.243. The van der Waals surface area contributed by atoms with Gasteiger partial charge in [0.25, 0.3) is 0 Å². The molecule has 0 aromatic rings. The zero-order valence-electron chi connectivity index (χ0n) is 10.5. The fraction of sp³-hybridized carbons (Fsp3) is 0.818. The van der Waals surface area contributed by atoms with Crippen LogP contribution in [0.15, 0.2) is 10.9 Å². The van der Waals surface area contributed by atoms with E-state index in [4.69, 9.17) is 0 Å². The predicted molar refractivity (Wildman–Crippen MR) is 64.9 cm³/mol. The maximum Gasteiger partial charge on any atom is 0.0362 e. The van der Waals surface area contributed by atoms with Gasteiger partial charge in [-0.15, -0.1) is 0 Å². The molecule has 0 aliphatic carbocycles. The molecule has 0 fully saturated rings. The summed E-state index contributed by atoms with van der Waals surface area (Å²) in [4.78, 5) is 0. The number of rotatable bonds is 1. The zero-order chi connectivity index (χ0) is 10.9. The molecular weight excluding hydrogens is 174 g/mol. The van der Waals surface area contributed by atoms with E-state index in [2.05, 4.69) is 46.9 Å². The molecule has 0 bridgehead atoms. The summed E-state index contributed by atoms with van der Waals surface area (Å²) in [6, 6.07) is 0. The molecule has 0 spiro atoms. The van der Waals surface area contributed by atoms with E-state index in [1.165, 1.54) is 5.70 Å². The van der Waals surface area contributed by atoms with Crippen LogP contribution >= 0.6 is 0 Å². The Kier molecular flexibility index (Phi) is 3.79. The van der Waals surface area contributed by atoms with Gasteiger partial charge < -0.3 is 5.32 Å². The van der Waals surface area contributed by atoms with Crippen LogP contribution < -0.4 is 5.32 Å². The monoisotopic (exact) mass is 199 g/mol. The summed E-state index contributed by atoms with van der Waals surface area (Å²) < 4.78 is 0. The topological polar surface area (TPSA) is 12.0 Å². The first kappa shape index (κ1) is 12.8. The highest BCUT2D eigenvalue weighted by Gasteiger charge is 2.23. The van der Waals surface area contributed by atoms with Crippen molar-refractivity contribution < 1.29 is 0 Å². The van der Waals surface area contributed by atoms with E-state index in [-0.39, 0.29) is 5.41 Å².